The van der Waals surface area contributed by atoms with Gasteiger partial charge in [-0.25, -0.2) is 13.2 Å². The first kappa shape index (κ1) is 22.6. The molecular weight excluding hydrogens is 479 g/mol. The summed E-state index contributed by atoms with van der Waals surface area (Å²) < 4.78 is 26.3. The van der Waals surface area contributed by atoms with Gasteiger partial charge in [0.2, 0.25) is 0 Å². The molecule has 0 spiro atoms. The molecule has 1 saturated heterocycles. The summed E-state index contributed by atoms with van der Waals surface area (Å²) in [6.07, 6.45) is 0.356. The molecule has 2 aromatic rings. The van der Waals surface area contributed by atoms with Crippen LogP contribution in [-0.2, 0) is 26.0 Å². The molecule has 4 rings (SSSR count). The van der Waals surface area contributed by atoms with E-state index in [4.69, 9.17) is 23.2 Å². The maximum Gasteiger partial charge on any atom is 0.339 e. The zero-order valence-corrected chi connectivity index (χ0v) is 18.8. The molecule has 11 heteroatoms. The summed E-state index contributed by atoms with van der Waals surface area (Å²) in [4.78, 5) is 37.6. The number of urea groups is 1. The first-order chi connectivity index (χ1) is 15.1. The number of aliphatic carboxylic acids is 1. The minimum atomic E-state index is -4.47. The number of carbonyl (C=O) groups is 3. The van der Waals surface area contributed by atoms with Gasteiger partial charge in [-0.2, -0.15) is 0 Å². The van der Waals surface area contributed by atoms with E-state index in [0.717, 1.165) is 0 Å². The number of carbonyl (C=O) groups excluding carboxylic acids is 2. The number of sulfonamides is 1. The third-order valence-corrected chi connectivity index (χ3v) is 7.95. The van der Waals surface area contributed by atoms with Crippen LogP contribution in [0.2, 0.25) is 10.0 Å². The molecular formula is C21H18Cl2N2O6S. The van der Waals surface area contributed by atoms with Gasteiger partial charge in [0.1, 0.15) is 5.54 Å². The summed E-state index contributed by atoms with van der Waals surface area (Å²) in [5.41, 5.74) is -1.00. The molecule has 2 N–H and O–H groups in total. The van der Waals surface area contributed by atoms with Crippen LogP contribution in [0, 0.1) is 11.8 Å². The number of nitrogens with zero attached hydrogens (tertiary/aromatic N) is 1. The van der Waals surface area contributed by atoms with Gasteiger partial charge >= 0.3 is 12.0 Å². The van der Waals surface area contributed by atoms with Gasteiger partial charge < -0.3 is 10.4 Å². The second kappa shape index (κ2) is 8.06. The predicted molar refractivity (Wildman–Crippen MR) is 116 cm³/mol. The third kappa shape index (κ3) is 3.85. The van der Waals surface area contributed by atoms with Crippen LogP contribution >= 0.6 is 23.2 Å². The van der Waals surface area contributed by atoms with Crippen molar-refractivity contribution in [1.82, 2.24) is 9.62 Å². The normalized spacial score (nSPS) is 25.0. The fourth-order valence-corrected chi connectivity index (χ4v) is 6.13. The standard InChI is InChI=1S/C21H18Cl2N2O6S/c22-13-8-12(9-14(23)10-13)6-7-21(17-11-16(17)18(26)27)19(28)25(20(29)24-21)32(30,31)15-4-2-1-3-5-15/h1-5,8-10,16-17H,6-7,11H2,(H,24,29)(H,26,27)/t16-,17-,21?/m0/s1. The summed E-state index contributed by atoms with van der Waals surface area (Å²) in [7, 11) is -4.47. The molecule has 1 unspecified atom stereocenters. The lowest BCUT2D eigenvalue weighted by atomic mass is 9.85. The van der Waals surface area contributed by atoms with Crippen LogP contribution in [0.4, 0.5) is 4.79 Å². The Bertz CT molecular complexity index is 1200. The molecule has 2 aliphatic rings. The molecule has 8 nitrogen and oxygen atoms in total. The minimum Gasteiger partial charge on any atom is -0.481 e. The third-order valence-electron chi connectivity index (χ3n) is 5.83. The van der Waals surface area contributed by atoms with Crippen LogP contribution in [0.1, 0.15) is 18.4 Å². The average molecular weight is 497 g/mol. The zero-order valence-electron chi connectivity index (χ0n) is 16.5. The fraction of sp³-hybridized carbons (Fsp3) is 0.286. The molecule has 0 aromatic heterocycles. The van der Waals surface area contributed by atoms with Crippen molar-refractivity contribution >= 4 is 51.1 Å². The van der Waals surface area contributed by atoms with Gasteiger partial charge in [0, 0.05) is 16.0 Å². The van der Waals surface area contributed by atoms with Crippen LogP contribution in [0.3, 0.4) is 0 Å². The van der Waals surface area contributed by atoms with Crippen LogP contribution in [0.5, 0.6) is 0 Å². The Hall–Kier alpha value is -2.62. The number of rotatable bonds is 7. The number of aryl methyl sites for hydroxylation is 1. The van der Waals surface area contributed by atoms with E-state index in [1.807, 2.05) is 0 Å². The van der Waals surface area contributed by atoms with Crippen molar-refractivity contribution in [3.05, 3.63) is 64.1 Å². The van der Waals surface area contributed by atoms with E-state index in [0.29, 0.717) is 15.6 Å². The van der Waals surface area contributed by atoms with Crippen molar-refractivity contribution in [2.24, 2.45) is 11.8 Å². The van der Waals surface area contributed by atoms with Crippen molar-refractivity contribution in [1.29, 1.82) is 0 Å². The Kier molecular flexibility index (Phi) is 5.68. The van der Waals surface area contributed by atoms with Crippen LogP contribution < -0.4 is 5.32 Å². The van der Waals surface area contributed by atoms with Gasteiger partial charge in [0.05, 0.1) is 10.8 Å². The summed E-state index contributed by atoms with van der Waals surface area (Å²) >= 11 is 12.1. The molecule has 2 aromatic carbocycles. The van der Waals surface area contributed by atoms with Crippen molar-refractivity contribution in [3.63, 3.8) is 0 Å². The Morgan fingerprint density at radius 2 is 1.75 bits per heavy atom. The number of nitrogens with one attached hydrogen (secondary N) is 1. The molecule has 1 saturated carbocycles. The lowest BCUT2D eigenvalue weighted by Gasteiger charge is -2.27. The van der Waals surface area contributed by atoms with E-state index in [1.165, 1.54) is 24.3 Å². The highest BCUT2D eigenvalue weighted by Gasteiger charge is 2.66. The second-order valence-electron chi connectivity index (χ2n) is 7.85. The van der Waals surface area contributed by atoms with Crippen molar-refractivity contribution in [2.45, 2.75) is 29.7 Å². The van der Waals surface area contributed by atoms with Gasteiger partial charge in [0.15, 0.2) is 0 Å². The van der Waals surface area contributed by atoms with Gasteiger partial charge in [-0.3, -0.25) is 9.59 Å². The maximum absolute atomic E-state index is 13.5. The largest absolute Gasteiger partial charge is 0.481 e. The van der Waals surface area contributed by atoms with Gasteiger partial charge in [0.25, 0.3) is 15.9 Å². The number of benzene rings is 2. The van der Waals surface area contributed by atoms with Gasteiger partial charge in [-0.1, -0.05) is 41.4 Å². The molecule has 32 heavy (non-hydrogen) atoms. The molecule has 1 aliphatic carbocycles. The van der Waals surface area contributed by atoms with E-state index < -0.39 is 45.3 Å². The quantitative estimate of drug-likeness (QED) is 0.567. The second-order valence-corrected chi connectivity index (χ2v) is 10.5. The van der Waals surface area contributed by atoms with E-state index in [9.17, 15) is 27.9 Å². The van der Waals surface area contributed by atoms with Crippen molar-refractivity contribution in [3.8, 4) is 0 Å². The summed E-state index contributed by atoms with van der Waals surface area (Å²) in [5, 5.41) is 12.7. The number of carboxylic acids is 1. The van der Waals surface area contributed by atoms with Crippen LogP contribution in [-0.4, -0.2) is 41.3 Å². The van der Waals surface area contributed by atoms with E-state index in [2.05, 4.69) is 5.32 Å². The molecule has 1 aliphatic heterocycles. The molecule has 2 fully saturated rings. The smallest absolute Gasteiger partial charge is 0.339 e. The molecule has 3 amide bonds. The van der Waals surface area contributed by atoms with Gasteiger partial charge in [-0.15, -0.1) is 4.31 Å². The minimum absolute atomic E-state index is 0.0104. The Balaban J connectivity index is 1.70. The molecule has 0 radical (unpaired) electrons. The highest BCUT2D eigenvalue weighted by atomic mass is 35.5. The number of imide groups is 1. The van der Waals surface area contributed by atoms with Crippen LogP contribution in [0.25, 0.3) is 0 Å². The van der Waals surface area contributed by atoms with Crippen molar-refractivity contribution < 1.29 is 27.9 Å². The van der Waals surface area contributed by atoms with Crippen molar-refractivity contribution in [2.75, 3.05) is 0 Å². The van der Waals surface area contributed by atoms with E-state index >= 15 is 0 Å². The van der Waals surface area contributed by atoms with E-state index in [1.54, 1.807) is 24.3 Å². The first-order valence-electron chi connectivity index (χ1n) is 9.71. The molecule has 168 valence electrons. The SMILES string of the molecule is O=C(O)[C@H]1C[C@@H]1C1(CCc2cc(Cl)cc(Cl)c2)NC(=O)N(S(=O)(=O)c2ccccc2)C1=O. The first-order valence-corrected chi connectivity index (χ1v) is 11.9. The van der Waals surface area contributed by atoms with Gasteiger partial charge in [-0.05, 0) is 55.2 Å². The number of hydrogen-bond acceptors (Lipinski definition) is 5. The number of hydrogen-bond donors (Lipinski definition) is 2. The summed E-state index contributed by atoms with van der Waals surface area (Å²) in [6, 6.07) is 10.8. The number of amides is 3. The predicted octanol–water partition coefficient (Wildman–Crippen LogP) is 3.33. The molecule has 0 bridgehead atoms. The summed E-state index contributed by atoms with van der Waals surface area (Å²) in [6.45, 7) is 0. The maximum atomic E-state index is 13.5. The Morgan fingerprint density at radius 3 is 2.31 bits per heavy atom. The Labute approximate surface area is 194 Å². The fourth-order valence-electron chi connectivity index (χ4n) is 4.20. The monoisotopic (exact) mass is 496 g/mol. The Morgan fingerprint density at radius 1 is 1.12 bits per heavy atom. The van der Waals surface area contributed by atoms with Crippen LogP contribution in [0.15, 0.2) is 53.4 Å². The zero-order chi connectivity index (χ0) is 23.3. The van der Waals surface area contributed by atoms with E-state index in [-0.39, 0.29) is 28.5 Å². The lowest BCUT2D eigenvalue weighted by molar-refractivity contribution is -0.139. The summed E-state index contributed by atoms with van der Waals surface area (Å²) in [5.74, 6) is -3.68. The molecule has 3 atom stereocenters. The molecule has 1 heterocycles. The lowest BCUT2D eigenvalue weighted by Crippen LogP contribution is -2.50. The number of carboxylic acid groups (broad SMARTS) is 1. The highest BCUT2D eigenvalue weighted by molar-refractivity contribution is 7.90. The topological polar surface area (TPSA) is 121 Å². The average Bonchev–Trinajstić information content (AvgIpc) is 3.48. The number of halogens is 2. The highest BCUT2D eigenvalue weighted by Crippen LogP contribution is 2.51.